The van der Waals surface area contributed by atoms with Crippen molar-refractivity contribution in [1.82, 2.24) is 5.32 Å². The van der Waals surface area contributed by atoms with Crippen LogP contribution in [0.2, 0.25) is 0 Å². The monoisotopic (exact) mass is 275 g/mol. The van der Waals surface area contributed by atoms with E-state index >= 15 is 0 Å². The summed E-state index contributed by atoms with van der Waals surface area (Å²) in [6.45, 7) is 7.03. The van der Waals surface area contributed by atoms with E-state index in [4.69, 9.17) is 9.47 Å². The zero-order valence-corrected chi connectivity index (χ0v) is 12.5. The van der Waals surface area contributed by atoms with E-state index in [1.807, 2.05) is 6.07 Å². The Morgan fingerprint density at radius 2 is 1.90 bits per heavy atom. The van der Waals surface area contributed by atoms with Gasteiger partial charge in [-0.15, -0.1) is 0 Å². The molecule has 1 aromatic rings. The molecule has 0 bridgehead atoms. The summed E-state index contributed by atoms with van der Waals surface area (Å²) in [4.78, 5) is 0. The van der Waals surface area contributed by atoms with Crippen LogP contribution in [0.25, 0.3) is 0 Å². The molecule has 3 nitrogen and oxygen atoms in total. The number of rotatable bonds is 5. The first-order chi connectivity index (χ1) is 9.72. The van der Waals surface area contributed by atoms with Crippen molar-refractivity contribution < 1.29 is 9.47 Å². The van der Waals surface area contributed by atoms with Crippen LogP contribution in [-0.4, -0.2) is 25.8 Å². The number of fused-ring (bicyclic) bond motifs is 1. The van der Waals surface area contributed by atoms with Gasteiger partial charge in [0, 0.05) is 6.04 Å². The Bertz CT molecular complexity index is 452. The minimum Gasteiger partial charge on any atom is -0.486 e. The average Bonchev–Trinajstić information content (AvgIpc) is 2.40. The predicted octanol–water partition coefficient (Wildman–Crippen LogP) is 3.02. The van der Waals surface area contributed by atoms with Gasteiger partial charge in [0.05, 0.1) is 0 Å². The minimum absolute atomic E-state index is 0.659. The maximum absolute atomic E-state index is 5.62. The molecule has 1 fully saturated rings. The smallest absolute Gasteiger partial charge is 0.161 e. The third kappa shape index (κ3) is 3.09. The third-order valence-corrected chi connectivity index (χ3v) is 4.57. The lowest BCUT2D eigenvalue weighted by Gasteiger charge is -2.38. The molecular formula is C17H25NO2. The Morgan fingerprint density at radius 1 is 1.15 bits per heavy atom. The average molecular weight is 275 g/mol. The fourth-order valence-electron chi connectivity index (χ4n) is 3.04. The Morgan fingerprint density at radius 3 is 2.65 bits per heavy atom. The van der Waals surface area contributed by atoms with Crippen molar-refractivity contribution >= 4 is 0 Å². The molecule has 3 rings (SSSR count). The van der Waals surface area contributed by atoms with Crippen molar-refractivity contribution in [3.63, 3.8) is 0 Å². The molecule has 0 radical (unpaired) electrons. The topological polar surface area (TPSA) is 30.5 Å². The number of benzene rings is 1. The van der Waals surface area contributed by atoms with Crippen LogP contribution in [0.5, 0.6) is 11.5 Å². The van der Waals surface area contributed by atoms with E-state index in [0.717, 1.165) is 42.3 Å². The largest absolute Gasteiger partial charge is 0.486 e. The number of hydrogen-bond acceptors (Lipinski definition) is 3. The van der Waals surface area contributed by atoms with Gasteiger partial charge in [-0.3, -0.25) is 0 Å². The van der Waals surface area contributed by atoms with E-state index < -0.39 is 0 Å². The molecular weight excluding hydrogens is 250 g/mol. The second-order valence-corrected chi connectivity index (χ2v) is 6.35. The highest BCUT2D eigenvalue weighted by molar-refractivity contribution is 5.43. The zero-order chi connectivity index (χ0) is 13.9. The lowest BCUT2D eigenvalue weighted by molar-refractivity contribution is 0.169. The van der Waals surface area contributed by atoms with Gasteiger partial charge in [-0.1, -0.05) is 19.9 Å². The molecule has 0 aromatic heterocycles. The van der Waals surface area contributed by atoms with Crippen molar-refractivity contribution in [3.05, 3.63) is 23.8 Å². The van der Waals surface area contributed by atoms with E-state index in [1.165, 1.54) is 18.4 Å². The number of nitrogens with one attached hydrogen (secondary N) is 1. The summed E-state index contributed by atoms with van der Waals surface area (Å²) in [5.74, 6) is 3.55. The number of hydrogen-bond donors (Lipinski definition) is 1. The second-order valence-electron chi connectivity index (χ2n) is 6.35. The van der Waals surface area contributed by atoms with Gasteiger partial charge in [0.25, 0.3) is 0 Å². The zero-order valence-electron chi connectivity index (χ0n) is 12.5. The first kappa shape index (κ1) is 13.7. The molecule has 2 aliphatic rings. The fraction of sp³-hybridized carbons (Fsp3) is 0.647. The molecule has 0 saturated heterocycles. The van der Waals surface area contributed by atoms with Crippen LogP contribution in [0.3, 0.4) is 0 Å². The molecule has 1 aromatic carbocycles. The first-order valence-corrected chi connectivity index (χ1v) is 7.84. The highest BCUT2D eigenvalue weighted by atomic mass is 16.6. The lowest BCUT2D eigenvalue weighted by Crippen LogP contribution is -2.43. The van der Waals surface area contributed by atoms with Crippen molar-refractivity contribution in [3.8, 4) is 11.5 Å². The van der Waals surface area contributed by atoms with E-state index in [2.05, 4.69) is 31.3 Å². The summed E-state index contributed by atoms with van der Waals surface area (Å²) in [6, 6.07) is 7.03. The summed E-state index contributed by atoms with van der Waals surface area (Å²) in [5.41, 5.74) is 1.32. The van der Waals surface area contributed by atoms with Crippen molar-refractivity contribution in [2.24, 2.45) is 11.8 Å². The van der Waals surface area contributed by atoms with E-state index in [9.17, 15) is 0 Å². The lowest BCUT2D eigenvalue weighted by atomic mass is 9.73. The van der Waals surface area contributed by atoms with Crippen molar-refractivity contribution in [2.45, 2.75) is 39.2 Å². The van der Waals surface area contributed by atoms with Crippen LogP contribution in [-0.2, 0) is 6.42 Å². The molecule has 0 spiro atoms. The van der Waals surface area contributed by atoms with Crippen molar-refractivity contribution in [1.29, 1.82) is 0 Å². The Hall–Kier alpha value is -1.22. The van der Waals surface area contributed by atoms with Gasteiger partial charge < -0.3 is 14.8 Å². The van der Waals surface area contributed by atoms with Crippen molar-refractivity contribution in [2.75, 3.05) is 19.8 Å². The molecule has 0 unspecified atom stereocenters. The van der Waals surface area contributed by atoms with E-state index in [1.54, 1.807) is 0 Å². The van der Waals surface area contributed by atoms with Crippen LogP contribution in [0.4, 0.5) is 0 Å². The maximum atomic E-state index is 5.62. The van der Waals surface area contributed by atoms with Crippen LogP contribution in [0.1, 0.15) is 32.3 Å². The molecule has 1 N–H and O–H groups in total. The van der Waals surface area contributed by atoms with Gasteiger partial charge in [-0.25, -0.2) is 0 Å². The molecule has 20 heavy (non-hydrogen) atoms. The standard InChI is InChI=1S/C17H25NO2/c1-12(2)14-10-15(11-14)18-6-5-13-3-4-16-17(9-13)20-8-7-19-16/h3-4,9,12,14-15,18H,5-8,10-11H2,1-2H3. The van der Waals surface area contributed by atoms with Gasteiger partial charge in [0.2, 0.25) is 0 Å². The minimum atomic E-state index is 0.659. The van der Waals surface area contributed by atoms with Crippen LogP contribution in [0.15, 0.2) is 18.2 Å². The van der Waals surface area contributed by atoms with Gasteiger partial charge >= 0.3 is 0 Å². The van der Waals surface area contributed by atoms with Crippen LogP contribution < -0.4 is 14.8 Å². The van der Waals surface area contributed by atoms with E-state index in [-0.39, 0.29) is 0 Å². The van der Waals surface area contributed by atoms with Crippen LogP contribution >= 0.6 is 0 Å². The van der Waals surface area contributed by atoms with E-state index in [0.29, 0.717) is 13.2 Å². The molecule has 3 heteroatoms. The number of ether oxygens (including phenoxy) is 2. The summed E-state index contributed by atoms with van der Waals surface area (Å²) in [7, 11) is 0. The van der Waals surface area contributed by atoms with Crippen LogP contribution in [0, 0.1) is 11.8 Å². The summed E-state index contributed by atoms with van der Waals surface area (Å²) >= 11 is 0. The maximum Gasteiger partial charge on any atom is 0.161 e. The molecule has 0 amide bonds. The third-order valence-electron chi connectivity index (χ3n) is 4.57. The Kier molecular flexibility index (Phi) is 4.16. The fourth-order valence-corrected chi connectivity index (χ4v) is 3.04. The van der Waals surface area contributed by atoms with Gasteiger partial charge in [0.1, 0.15) is 13.2 Å². The van der Waals surface area contributed by atoms with Gasteiger partial charge in [-0.2, -0.15) is 0 Å². The summed E-state index contributed by atoms with van der Waals surface area (Å²) in [5, 5.41) is 3.66. The van der Waals surface area contributed by atoms with Gasteiger partial charge in [-0.05, 0) is 55.3 Å². The summed E-state index contributed by atoms with van der Waals surface area (Å²) < 4.78 is 11.2. The first-order valence-electron chi connectivity index (χ1n) is 7.84. The molecule has 1 saturated carbocycles. The highest BCUT2D eigenvalue weighted by Crippen LogP contribution is 2.33. The molecule has 1 aliphatic carbocycles. The Labute approximate surface area is 121 Å². The highest BCUT2D eigenvalue weighted by Gasteiger charge is 2.30. The molecule has 0 atom stereocenters. The molecule has 110 valence electrons. The SMILES string of the molecule is CC(C)C1CC(NCCc2ccc3c(c2)OCCO3)C1. The molecule has 1 aliphatic heterocycles. The predicted molar refractivity (Wildman–Crippen MR) is 80.5 cm³/mol. The molecule has 1 heterocycles. The normalized spacial score (nSPS) is 24.6. The van der Waals surface area contributed by atoms with Gasteiger partial charge in [0.15, 0.2) is 11.5 Å². The quantitative estimate of drug-likeness (QED) is 0.896. The summed E-state index contributed by atoms with van der Waals surface area (Å²) in [6.07, 6.45) is 3.75. The second kappa shape index (κ2) is 6.04. The Balaban J connectivity index is 1.43.